The van der Waals surface area contributed by atoms with Crippen molar-refractivity contribution in [2.45, 2.75) is 13.5 Å². The molecule has 1 amide bonds. The zero-order chi connectivity index (χ0) is 13.7. The van der Waals surface area contributed by atoms with Gasteiger partial charge in [0.15, 0.2) is 0 Å². The van der Waals surface area contributed by atoms with Gasteiger partial charge in [-0.1, -0.05) is 0 Å². The van der Waals surface area contributed by atoms with Crippen LogP contribution in [-0.4, -0.2) is 25.6 Å². The molecule has 1 rings (SSSR count). The van der Waals surface area contributed by atoms with Gasteiger partial charge in [0.2, 0.25) is 0 Å². The highest BCUT2D eigenvalue weighted by molar-refractivity contribution is 6.66. The first-order valence-corrected chi connectivity index (χ1v) is 5.46. The molecule has 1 aromatic carbocycles. The molecule has 0 aliphatic carbocycles. The van der Waals surface area contributed by atoms with Crippen molar-refractivity contribution in [3.8, 4) is 11.5 Å². The van der Waals surface area contributed by atoms with Gasteiger partial charge >= 0.3 is 12.0 Å². The predicted octanol–water partition coefficient (Wildman–Crippen LogP) is 3.48. The van der Waals surface area contributed by atoms with Gasteiger partial charge in [0.25, 0.3) is 0 Å². The van der Waals surface area contributed by atoms with Crippen LogP contribution >= 0.6 is 11.6 Å². The largest absolute Gasteiger partial charge is 0.497 e. The smallest absolute Gasteiger partial charge is 0.387 e. The van der Waals surface area contributed by atoms with Gasteiger partial charge in [-0.3, -0.25) is 9.69 Å². The number of amides is 1. The molecule has 100 valence electrons. The number of rotatable bonds is 5. The summed E-state index contributed by atoms with van der Waals surface area (Å²) in [6.45, 7) is -0.955. The van der Waals surface area contributed by atoms with Crippen LogP contribution in [0.5, 0.6) is 11.5 Å². The first kappa shape index (κ1) is 14.5. The van der Waals surface area contributed by atoms with Crippen molar-refractivity contribution in [1.29, 1.82) is 0 Å². The zero-order valence-electron chi connectivity index (χ0n) is 9.82. The van der Waals surface area contributed by atoms with Crippen LogP contribution in [0.15, 0.2) is 18.2 Å². The highest BCUT2D eigenvalue weighted by atomic mass is 35.5. The van der Waals surface area contributed by atoms with Crippen LogP contribution < -0.4 is 14.4 Å². The Hall–Kier alpha value is -1.56. The molecule has 18 heavy (non-hydrogen) atoms. The molecular weight excluding hydrogens is 268 g/mol. The standard InChI is InChI=1S/C11H12ClF2NO3/c1-3-15(10(12)16)7-4-8(17-2)6-9(5-7)18-11(13)14/h4-6,11H,3H2,1-2H3. The SMILES string of the molecule is CCN(C(=O)Cl)c1cc(OC)cc(OC(F)F)c1. The van der Waals surface area contributed by atoms with Crippen molar-refractivity contribution < 1.29 is 23.0 Å². The molecule has 0 bridgehead atoms. The molecule has 0 radical (unpaired) electrons. The third kappa shape index (κ3) is 3.73. The normalized spacial score (nSPS) is 10.3. The molecule has 1 aromatic rings. The highest BCUT2D eigenvalue weighted by Gasteiger charge is 2.15. The number of alkyl halides is 2. The zero-order valence-corrected chi connectivity index (χ0v) is 10.6. The van der Waals surface area contributed by atoms with Crippen LogP contribution in [0.4, 0.5) is 19.3 Å². The fourth-order valence-corrected chi connectivity index (χ4v) is 1.63. The first-order chi connectivity index (χ1) is 8.47. The number of anilines is 1. The van der Waals surface area contributed by atoms with Gasteiger partial charge in [-0.25, -0.2) is 0 Å². The Bertz CT molecular complexity index is 429. The Balaban J connectivity index is 3.13. The lowest BCUT2D eigenvalue weighted by Crippen LogP contribution is -2.25. The third-order valence-electron chi connectivity index (χ3n) is 2.17. The summed E-state index contributed by atoms with van der Waals surface area (Å²) in [7, 11) is 1.38. The van der Waals surface area contributed by atoms with E-state index >= 15 is 0 Å². The van der Waals surface area contributed by atoms with Gasteiger partial charge in [-0.05, 0) is 18.5 Å². The Morgan fingerprint density at radius 2 is 2.00 bits per heavy atom. The average Bonchev–Trinajstić information content (AvgIpc) is 2.28. The van der Waals surface area contributed by atoms with Crippen molar-refractivity contribution in [3.05, 3.63) is 18.2 Å². The number of nitrogens with zero attached hydrogens (tertiary/aromatic N) is 1. The van der Waals surface area contributed by atoms with E-state index in [0.717, 1.165) is 0 Å². The molecule has 7 heteroatoms. The van der Waals surface area contributed by atoms with Gasteiger partial charge in [0.05, 0.1) is 12.8 Å². The van der Waals surface area contributed by atoms with E-state index in [4.69, 9.17) is 16.3 Å². The van der Waals surface area contributed by atoms with Crippen molar-refractivity contribution >= 4 is 22.7 Å². The number of halogens is 3. The lowest BCUT2D eigenvalue weighted by molar-refractivity contribution is -0.0498. The second-order valence-electron chi connectivity index (χ2n) is 3.24. The van der Waals surface area contributed by atoms with E-state index in [2.05, 4.69) is 4.74 Å². The van der Waals surface area contributed by atoms with Crippen molar-refractivity contribution in [1.82, 2.24) is 0 Å². The molecule has 0 aliphatic heterocycles. The second-order valence-corrected chi connectivity index (χ2v) is 3.57. The minimum Gasteiger partial charge on any atom is -0.497 e. The molecule has 0 fully saturated rings. The number of methoxy groups -OCH3 is 1. The highest BCUT2D eigenvalue weighted by Crippen LogP contribution is 2.30. The Labute approximate surface area is 108 Å². The summed E-state index contributed by atoms with van der Waals surface area (Å²) in [6, 6.07) is 4.09. The third-order valence-corrected chi connectivity index (χ3v) is 2.37. The molecule has 0 unspecified atom stereocenters. The van der Waals surface area contributed by atoms with Crippen LogP contribution in [0, 0.1) is 0 Å². The fourth-order valence-electron chi connectivity index (χ4n) is 1.41. The van der Waals surface area contributed by atoms with E-state index in [1.165, 1.54) is 30.2 Å². The lowest BCUT2D eigenvalue weighted by Gasteiger charge is -2.19. The molecule has 0 aliphatic rings. The number of ether oxygens (including phenoxy) is 2. The van der Waals surface area contributed by atoms with Gasteiger partial charge in [-0.2, -0.15) is 8.78 Å². The average molecular weight is 280 g/mol. The summed E-state index contributed by atoms with van der Waals surface area (Å²) in [4.78, 5) is 12.4. The van der Waals surface area contributed by atoms with Crippen LogP contribution in [0.3, 0.4) is 0 Å². The van der Waals surface area contributed by atoms with Gasteiger partial charge in [-0.15, -0.1) is 0 Å². The summed E-state index contributed by atoms with van der Waals surface area (Å²) in [5.74, 6) is 0.190. The molecule has 0 spiro atoms. The lowest BCUT2D eigenvalue weighted by atomic mass is 10.2. The number of carbonyl (C=O) groups excluding carboxylic acids is 1. The van der Waals surface area contributed by atoms with E-state index in [0.29, 0.717) is 18.0 Å². The minimum absolute atomic E-state index is 0.101. The van der Waals surface area contributed by atoms with Crippen molar-refractivity contribution in [2.75, 3.05) is 18.6 Å². The molecule has 0 aromatic heterocycles. The number of benzene rings is 1. The summed E-state index contributed by atoms with van der Waals surface area (Å²) in [5.41, 5.74) is 0.326. The quantitative estimate of drug-likeness (QED) is 0.612. The summed E-state index contributed by atoms with van der Waals surface area (Å²) >= 11 is 5.39. The molecular formula is C11H12ClF2NO3. The van der Waals surface area contributed by atoms with E-state index in [9.17, 15) is 13.6 Å². The Morgan fingerprint density at radius 3 is 2.44 bits per heavy atom. The summed E-state index contributed by atoms with van der Waals surface area (Å²) in [5, 5.41) is -0.714. The van der Waals surface area contributed by atoms with E-state index in [1.807, 2.05) is 0 Å². The molecule has 0 saturated carbocycles. The van der Waals surface area contributed by atoms with Crippen molar-refractivity contribution in [3.63, 3.8) is 0 Å². The van der Waals surface area contributed by atoms with E-state index in [-0.39, 0.29) is 5.75 Å². The maximum atomic E-state index is 12.2. The minimum atomic E-state index is -2.95. The van der Waals surface area contributed by atoms with Gasteiger partial charge in [0.1, 0.15) is 11.5 Å². The van der Waals surface area contributed by atoms with Crippen molar-refractivity contribution in [2.24, 2.45) is 0 Å². The topological polar surface area (TPSA) is 38.8 Å². The predicted molar refractivity (Wildman–Crippen MR) is 63.9 cm³/mol. The maximum absolute atomic E-state index is 12.2. The monoisotopic (exact) mass is 279 g/mol. The molecule has 4 nitrogen and oxygen atoms in total. The van der Waals surface area contributed by atoms with E-state index in [1.54, 1.807) is 6.92 Å². The maximum Gasteiger partial charge on any atom is 0.387 e. The van der Waals surface area contributed by atoms with Crippen LogP contribution in [0.2, 0.25) is 0 Å². The van der Waals surface area contributed by atoms with Crippen LogP contribution in [0.25, 0.3) is 0 Å². The second kappa shape index (κ2) is 6.39. The van der Waals surface area contributed by atoms with Crippen LogP contribution in [-0.2, 0) is 0 Å². The molecule has 0 N–H and O–H groups in total. The number of hydrogen-bond acceptors (Lipinski definition) is 3. The Morgan fingerprint density at radius 1 is 1.39 bits per heavy atom. The summed E-state index contributed by atoms with van der Waals surface area (Å²) < 4.78 is 33.5. The summed E-state index contributed by atoms with van der Waals surface area (Å²) in [6.07, 6.45) is 0. The number of hydrogen-bond donors (Lipinski definition) is 0. The molecule has 0 atom stereocenters. The van der Waals surface area contributed by atoms with Gasteiger partial charge in [0, 0.05) is 24.7 Å². The number of carbonyl (C=O) groups is 1. The Kier molecular flexibility index (Phi) is 5.15. The van der Waals surface area contributed by atoms with Gasteiger partial charge < -0.3 is 9.47 Å². The molecule has 0 saturated heterocycles. The first-order valence-electron chi connectivity index (χ1n) is 5.08. The molecule has 0 heterocycles. The van der Waals surface area contributed by atoms with Crippen LogP contribution in [0.1, 0.15) is 6.92 Å². The van der Waals surface area contributed by atoms with E-state index < -0.39 is 12.0 Å². The fraction of sp³-hybridized carbons (Fsp3) is 0.364.